The van der Waals surface area contributed by atoms with Gasteiger partial charge in [-0.05, 0) is 47.7 Å². The smallest absolute Gasteiger partial charge is 0.234 e. The van der Waals surface area contributed by atoms with E-state index in [0.717, 1.165) is 67.6 Å². The third kappa shape index (κ3) is 5.88. The van der Waals surface area contributed by atoms with Gasteiger partial charge in [-0.1, -0.05) is 25.0 Å². The largest absolute Gasteiger partial charge is 0.352 e. The van der Waals surface area contributed by atoms with Gasteiger partial charge in [-0.2, -0.15) is 0 Å². The van der Waals surface area contributed by atoms with Crippen LogP contribution >= 0.6 is 0 Å². The maximum Gasteiger partial charge on any atom is 0.234 e. The van der Waals surface area contributed by atoms with Gasteiger partial charge in [0, 0.05) is 75.0 Å². The number of pyridine rings is 1. The van der Waals surface area contributed by atoms with E-state index < -0.39 is 0 Å². The van der Waals surface area contributed by atoms with Crippen LogP contribution in [0.15, 0.2) is 55.0 Å². The van der Waals surface area contributed by atoms with E-state index in [0.29, 0.717) is 18.9 Å². The zero-order valence-corrected chi connectivity index (χ0v) is 20.6. The van der Waals surface area contributed by atoms with E-state index >= 15 is 0 Å². The number of hydrogen-bond acceptors (Lipinski definition) is 7. The van der Waals surface area contributed by atoms with Gasteiger partial charge in [0.1, 0.15) is 11.6 Å². The molecule has 2 N–H and O–H groups in total. The molecule has 1 saturated carbocycles. The van der Waals surface area contributed by atoms with Gasteiger partial charge in [0.15, 0.2) is 0 Å². The van der Waals surface area contributed by atoms with Crippen molar-refractivity contribution < 1.29 is 4.79 Å². The highest BCUT2D eigenvalue weighted by Crippen LogP contribution is 2.34. The van der Waals surface area contributed by atoms with Gasteiger partial charge in [-0.3, -0.25) is 14.6 Å². The SMILES string of the molecule is O=C1CN2CCN(CC2)Cc2cccc(c2)Nc2cc(ccn2)-c2cnc(nc2)CC(CC2CC2)N1. The lowest BCUT2D eigenvalue weighted by Gasteiger charge is -2.34. The number of anilines is 2. The minimum atomic E-state index is 0.0780. The van der Waals surface area contributed by atoms with Crippen LogP contribution in [0, 0.1) is 5.92 Å². The number of rotatable bonds is 2. The van der Waals surface area contributed by atoms with Gasteiger partial charge in [0.2, 0.25) is 5.91 Å². The number of aromatic nitrogens is 3. The Bertz CT molecular complexity index is 1200. The molecule has 2 fully saturated rings. The minimum absolute atomic E-state index is 0.0780. The summed E-state index contributed by atoms with van der Waals surface area (Å²) in [5.41, 5.74) is 4.25. The molecule has 1 aromatic carbocycles. The van der Waals surface area contributed by atoms with E-state index in [2.05, 4.69) is 59.7 Å². The first-order valence-corrected chi connectivity index (χ1v) is 13.0. The molecule has 8 bridgehead atoms. The van der Waals surface area contributed by atoms with Crippen molar-refractivity contribution in [2.75, 3.05) is 38.0 Å². The van der Waals surface area contributed by atoms with Crippen LogP contribution in [0.1, 0.15) is 30.7 Å². The second kappa shape index (κ2) is 10.3. The molecule has 8 heteroatoms. The summed E-state index contributed by atoms with van der Waals surface area (Å²) in [6, 6.07) is 12.6. The topological polar surface area (TPSA) is 86.3 Å². The number of benzene rings is 1. The minimum Gasteiger partial charge on any atom is -0.352 e. The molecule has 0 spiro atoms. The van der Waals surface area contributed by atoms with Crippen LogP contribution in [0.25, 0.3) is 11.1 Å². The van der Waals surface area contributed by atoms with Gasteiger partial charge in [0.25, 0.3) is 0 Å². The first kappa shape index (κ1) is 23.1. The Labute approximate surface area is 212 Å². The molecule has 1 aliphatic carbocycles. The second-order valence-electron chi connectivity index (χ2n) is 10.3. The van der Waals surface area contributed by atoms with Crippen LogP contribution in [-0.2, 0) is 17.8 Å². The lowest BCUT2D eigenvalue weighted by Crippen LogP contribution is -2.50. The van der Waals surface area contributed by atoms with Crippen molar-refractivity contribution >= 4 is 17.4 Å². The van der Waals surface area contributed by atoms with E-state index in [1.807, 2.05) is 30.7 Å². The second-order valence-corrected chi connectivity index (χ2v) is 10.3. The maximum absolute atomic E-state index is 12.9. The highest BCUT2D eigenvalue weighted by atomic mass is 16.2. The monoisotopic (exact) mass is 483 g/mol. The van der Waals surface area contributed by atoms with Crippen LogP contribution in [0.4, 0.5) is 11.5 Å². The summed E-state index contributed by atoms with van der Waals surface area (Å²) < 4.78 is 0. The van der Waals surface area contributed by atoms with Crippen molar-refractivity contribution in [1.29, 1.82) is 0 Å². The molecule has 1 unspecified atom stereocenters. The molecule has 1 atom stereocenters. The Morgan fingerprint density at radius 1 is 0.889 bits per heavy atom. The molecule has 36 heavy (non-hydrogen) atoms. The average Bonchev–Trinajstić information content (AvgIpc) is 3.70. The van der Waals surface area contributed by atoms with Crippen molar-refractivity contribution in [1.82, 2.24) is 30.1 Å². The third-order valence-electron chi connectivity index (χ3n) is 7.35. The first-order valence-electron chi connectivity index (χ1n) is 13.0. The molecule has 0 radical (unpaired) electrons. The number of nitrogens with one attached hydrogen (secondary N) is 2. The summed E-state index contributed by atoms with van der Waals surface area (Å²) >= 11 is 0. The molecule has 1 amide bonds. The van der Waals surface area contributed by atoms with Crippen LogP contribution in [0.2, 0.25) is 0 Å². The molecule has 1 saturated heterocycles. The zero-order valence-electron chi connectivity index (χ0n) is 20.6. The number of nitrogens with zero attached hydrogens (tertiary/aromatic N) is 5. The standard InChI is InChI=1S/C28H33N7O/c36-28-19-35-10-8-34(9-11-35)18-21-2-1-3-24(13-21)32-27-14-22(6-7-29-27)23-16-30-26(31-17-23)15-25(33-28)12-20-4-5-20/h1-3,6-7,13-14,16-17,20,25H,4-5,8-12,15,18-19H2,(H,29,32)(H,33,36). The Balaban J connectivity index is 1.28. The average molecular weight is 484 g/mol. The van der Waals surface area contributed by atoms with Crippen LogP contribution < -0.4 is 10.6 Å². The fourth-order valence-electron chi connectivity index (χ4n) is 5.19. The van der Waals surface area contributed by atoms with Crippen molar-refractivity contribution in [3.63, 3.8) is 0 Å². The molecular formula is C28H33N7O. The third-order valence-corrected chi connectivity index (χ3v) is 7.35. The van der Waals surface area contributed by atoms with E-state index in [-0.39, 0.29) is 11.9 Å². The van der Waals surface area contributed by atoms with E-state index in [1.54, 1.807) is 0 Å². The lowest BCUT2D eigenvalue weighted by atomic mass is 10.1. The highest BCUT2D eigenvalue weighted by molar-refractivity contribution is 5.78. The predicted octanol–water partition coefficient (Wildman–Crippen LogP) is 3.24. The van der Waals surface area contributed by atoms with Crippen molar-refractivity contribution in [3.05, 3.63) is 66.4 Å². The Hall–Kier alpha value is -3.36. The number of piperazine rings is 1. The van der Waals surface area contributed by atoms with Crippen molar-refractivity contribution in [2.24, 2.45) is 5.92 Å². The molecule has 186 valence electrons. The Morgan fingerprint density at radius 3 is 2.44 bits per heavy atom. The number of carbonyl (C=O) groups is 1. The molecule has 8 nitrogen and oxygen atoms in total. The van der Waals surface area contributed by atoms with Gasteiger partial charge in [0.05, 0.1) is 6.54 Å². The predicted molar refractivity (Wildman–Crippen MR) is 140 cm³/mol. The molecule has 3 aromatic rings. The van der Waals surface area contributed by atoms with Crippen molar-refractivity contribution in [2.45, 2.75) is 38.3 Å². The van der Waals surface area contributed by atoms with Gasteiger partial charge in [-0.25, -0.2) is 15.0 Å². The first-order chi connectivity index (χ1) is 17.7. The fraction of sp³-hybridized carbons (Fsp3) is 0.429. The fourth-order valence-corrected chi connectivity index (χ4v) is 5.19. The van der Waals surface area contributed by atoms with Crippen LogP contribution in [-0.4, -0.2) is 69.4 Å². The molecular weight excluding hydrogens is 450 g/mol. The summed E-state index contributed by atoms with van der Waals surface area (Å²) in [5.74, 6) is 2.39. The zero-order chi connectivity index (χ0) is 24.3. The Kier molecular flexibility index (Phi) is 6.61. The highest BCUT2D eigenvalue weighted by Gasteiger charge is 2.28. The van der Waals surface area contributed by atoms with Crippen LogP contribution in [0.3, 0.4) is 0 Å². The van der Waals surface area contributed by atoms with Gasteiger partial charge < -0.3 is 10.6 Å². The van der Waals surface area contributed by atoms with E-state index in [1.165, 1.54) is 18.4 Å². The van der Waals surface area contributed by atoms with Crippen LogP contribution in [0.5, 0.6) is 0 Å². The summed E-state index contributed by atoms with van der Waals surface area (Å²) in [6.07, 6.45) is 9.74. The Morgan fingerprint density at radius 2 is 1.67 bits per heavy atom. The summed E-state index contributed by atoms with van der Waals surface area (Å²) in [6.45, 7) is 5.08. The number of carbonyl (C=O) groups excluding carboxylic acids is 1. The van der Waals surface area contributed by atoms with Gasteiger partial charge in [-0.15, -0.1) is 0 Å². The molecule has 5 aliphatic heterocycles. The summed E-state index contributed by atoms with van der Waals surface area (Å²) in [7, 11) is 0. The summed E-state index contributed by atoms with van der Waals surface area (Å²) in [4.78, 5) is 31.5. The molecule has 9 rings (SSSR count). The molecule has 7 heterocycles. The normalized spacial score (nSPS) is 24.4. The van der Waals surface area contributed by atoms with Gasteiger partial charge >= 0.3 is 0 Å². The number of amides is 1. The lowest BCUT2D eigenvalue weighted by molar-refractivity contribution is -0.123. The number of hydrogen-bond donors (Lipinski definition) is 2. The van der Waals surface area contributed by atoms with Crippen molar-refractivity contribution in [3.8, 4) is 11.1 Å². The molecule has 6 aliphatic rings. The summed E-state index contributed by atoms with van der Waals surface area (Å²) in [5, 5.41) is 6.76. The quantitative estimate of drug-likeness (QED) is 0.579. The van der Waals surface area contributed by atoms with E-state index in [4.69, 9.17) is 0 Å². The van der Waals surface area contributed by atoms with E-state index in [9.17, 15) is 4.79 Å². The maximum atomic E-state index is 12.9. The molecule has 2 aromatic heterocycles.